The maximum atomic E-state index is 5.74. The van der Waals surface area contributed by atoms with E-state index in [1.807, 2.05) is 24.4 Å². The molecule has 3 nitrogen and oxygen atoms in total. The highest BCUT2D eigenvalue weighted by Gasteiger charge is 2.19. The molecule has 0 saturated carbocycles. The number of benzene rings is 1. The van der Waals surface area contributed by atoms with Crippen LogP contribution in [0.1, 0.15) is 12.5 Å². The number of aromatic nitrogens is 1. The fourth-order valence-electron chi connectivity index (χ4n) is 2.22. The van der Waals surface area contributed by atoms with E-state index in [9.17, 15) is 0 Å². The highest BCUT2D eigenvalue weighted by molar-refractivity contribution is 5.68. The summed E-state index contributed by atoms with van der Waals surface area (Å²) in [5.74, 6) is 0.998. The molecule has 0 spiro atoms. The van der Waals surface area contributed by atoms with E-state index in [2.05, 4.69) is 18.0 Å². The molecule has 1 aromatic heterocycles. The van der Waals surface area contributed by atoms with Gasteiger partial charge in [0.25, 0.3) is 0 Å². The van der Waals surface area contributed by atoms with Gasteiger partial charge in [0.15, 0.2) is 0 Å². The van der Waals surface area contributed by atoms with E-state index in [0.29, 0.717) is 5.69 Å². The lowest BCUT2D eigenvalue weighted by molar-refractivity contribution is 0.254. The number of nitrogen functional groups attached to an aromatic ring is 1. The lowest BCUT2D eigenvalue weighted by Crippen LogP contribution is -2.05. The molecule has 0 amide bonds. The minimum Gasteiger partial charge on any atom is -0.490 e. The van der Waals surface area contributed by atoms with Gasteiger partial charge in [-0.05, 0) is 36.2 Å². The van der Waals surface area contributed by atoms with E-state index in [1.54, 1.807) is 6.20 Å². The molecule has 1 atom stereocenters. The second kappa shape index (κ2) is 3.77. The van der Waals surface area contributed by atoms with Crippen molar-refractivity contribution in [3.8, 4) is 16.9 Å². The van der Waals surface area contributed by atoms with E-state index in [1.165, 1.54) is 5.56 Å². The van der Waals surface area contributed by atoms with Crippen molar-refractivity contribution in [1.82, 2.24) is 4.98 Å². The van der Waals surface area contributed by atoms with Crippen LogP contribution in [0.4, 0.5) is 5.69 Å². The van der Waals surface area contributed by atoms with Crippen LogP contribution in [0.3, 0.4) is 0 Å². The molecular formula is C14H14N2O. The van der Waals surface area contributed by atoms with Crippen LogP contribution < -0.4 is 10.5 Å². The number of ether oxygens (including phenoxy) is 1. The monoisotopic (exact) mass is 226 g/mol. The Morgan fingerprint density at radius 3 is 2.94 bits per heavy atom. The smallest absolute Gasteiger partial charge is 0.123 e. The molecule has 1 aliphatic rings. The minimum absolute atomic E-state index is 0.277. The van der Waals surface area contributed by atoms with Crippen LogP contribution in [0.25, 0.3) is 11.1 Å². The zero-order chi connectivity index (χ0) is 11.8. The van der Waals surface area contributed by atoms with E-state index < -0.39 is 0 Å². The van der Waals surface area contributed by atoms with Crippen LogP contribution in [0.15, 0.2) is 36.7 Å². The molecule has 3 heteroatoms. The van der Waals surface area contributed by atoms with Crippen LogP contribution in [0.2, 0.25) is 0 Å². The molecule has 0 aliphatic carbocycles. The van der Waals surface area contributed by atoms with Crippen molar-refractivity contribution in [3.05, 3.63) is 42.2 Å². The summed E-state index contributed by atoms with van der Waals surface area (Å²) in [5, 5.41) is 0. The van der Waals surface area contributed by atoms with Gasteiger partial charge < -0.3 is 10.5 Å². The Kier molecular flexibility index (Phi) is 2.25. The first-order valence-corrected chi connectivity index (χ1v) is 5.73. The summed E-state index contributed by atoms with van der Waals surface area (Å²) in [7, 11) is 0. The molecule has 1 aliphatic heterocycles. The summed E-state index contributed by atoms with van der Waals surface area (Å²) in [4.78, 5) is 4.11. The normalized spacial score (nSPS) is 17.6. The quantitative estimate of drug-likeness (QED) is 0.813. The highest BCUT2D eigenvalue weighted by Crippen LogP contribution is 2.32. The zero-order valence-electron chi connectivity index (χ0n) is 9.68. The fourth-order valence-corrected chi connectivity index (χ4v) is 2.22. The van der Waals surface area contributed by atoms with E-state index in [4.69, 9.17) is 10.5 Å². The van der Waals surface area contributed by atoms with E-state index >= 15 is 0 Å². The first-order valence-electron chi connectivity index (χ1n) is 5.73. The summed E-state index contributed by atoms with van der Waals surface area (Å²) < 4.78 is 5.68. The van der Waals surface area contributed by atoms with Gasteiger partial charge in [0.05, 0.1) is 5.69 Å². The summed E-state index contributed by atoms with van der Waals surface area (Å²) in [6, 6.07) is 8.17. The van der Waals surface area contributed by atoms with Crippen molar-refractivity contribution in [2.75, 3.05) is 5.73 Å². The molecule has 86 valence electrons. The highest BCUT2D eigenvalue weighted by atomic mass is 16.5. The minimum atomic E-state index is 0.277. The maximum Gasteiger partial charge on any atom is 0.123 e. The van der Waals surface area contributed by atoms with Gasteiger partial charge in [-0.3, -0.25) is 4.98 Å². The molecule has 3 rings (SSSR count). The first-order chi connectivity index (χ1) is 8.22. The number of anilines is 1. The van der Waals surface area contributed by atoms with Crippen LogP contribution >= 0.6 is 0 Å². The van der Waals surface area contributed by atoms with Gasteiger partial charge in [0.1, 0.15) is 11.9 Å². The molecule has 0 saturated heterocycles. The maximum absolute atomic E-state index is 5.74. The summed E-state index contributed by atoms with van der Waals surface area (Å²) in [6.45, 7) is 2.09. The number of nitrogens with zero attached hydrogens (tertiary/aromatic N) is 1. The average molecular weight is 226 g/mol. The number of nitrogens with two attached hydrogens (primary N) is 1. The molecule has 1 aromatic carbocycles. The Morgan fingerprint density at radius 1 is 1.24 bits per heavy atom. The Labute approximate surface area is 100 Å². The summed E-state index contributed by atoms with van der Waals surface area (Å²) in [6.07, 6.45) is 4.73. The Balaban J connectivity index is 2.03. The van der Waals surface area contributed by atoms with Crippen LogP contribution in [0, 0.1) is 0 Å². The number of pyridine rings is 1. The Morgan fingerprint density at radius 2 is 2.12 bits per heavy atom. The van der Waals surface area contributed by atoms with Gasteiger partial charge in [-0.1, -0.05) is 6.07 Å². The number of rotatable bonds is 1. The lowest BCUT2D eigenvalue weighted by atomic mass is 10.0. The predicted molar refractivity (Wildman–Crippen MR) is 67.9 cm³/mol. The second-order valence-corrected chi connectivity index (χ2v) is 4.46. The number of hydrogen-bond donors (Lipinski definition) is 1. The summed E-state index contributed by atoms with van der Waals surface area (Å²) >= 11 is 0. The van der Waals surface area contributed by atoms with Crippen molar-refractivity contribution < 1.29 is 4.74 Å². The number of hydrogen-bond acceptors (Lipinski definition) is 3. The van der Waals surface area contributed by atoms with Crippen molar-refractivity contribution >= 4 is 5.69 Å². The molecule has 0 radical (unpaired) electrons. The average Bonchev–Trinajstić information content (AvgIpc) is 2.68. The van der Waals surface area contributed by atoms with E-state index in [0.717, 1.165) is 23.3 Å². The van der Waals surface area contributed by atoms with Gasteiger partial charge >= 0.3 is 0 Å². The third-order valence-corrected chi connectivity index (χ3v) is 2.99. The molecule has 0 bridgehead atoms. The van der Waals surface area contributed by atoms with Crippen molar-refractivity contribution in [3.63, 3.8) is 0 Å². The lowest BCUT2D eigenvalue weighted by Gasteiger charge is -2.05. The molecule has 2 heterocycles. The van der Waals surface area contributed by atoms with Crippen LogP contribution in [-0.2, 0) is 6.42 Å². The van der Waals surface area contributed by atoms with E-state index in [-0.39, 0.29) is 6.10 Å². The largest absolute Gasteiger partial charge is 0.490 e. The van der Waals surface area contributed by atoms with Gasteiger partial charge in [0, 0.05) is 24.4 Å². The molecule has 1 unspecified atom stereocenters. The molecular weight excluding hydrogens is 212 g/mol. The topological polar surface area (TPSA) is 48.1 Å². The predicted octanol–water partition coefficient (Wildman–Crippen LogP) is 2.65. The van der Waals surface area contributed by atoms with Gasteiger partial charge in [-0.25, -0.2) is 0 Å². The number of fused-ring (bicyclic) bond motifs is 1. The molecule has 2 N–H and O–H groups in total. The van der Waals surface area contributed by atoms with Crippen LogP contribution in [0.5, 0.6) is 5.75 Å². The first kappa shape index (κ1) is 10.1. The third kappa shape index (κ3) is 1.84. The zero-order valence-corrected chi connectivity index (χ0v) is 9.68. The third-order valence-electron chi connectivity index (χ3n) is 2.99. The molecule has 0 fully saturated rings. The Hall–Kier alpha value is -2.03. The fraction of sp³-hybridized carbons (Fsp3) is 0.214. The van der Waals surface area contributed by atoms with Crippen molar-refractivity contribution in [2.24, 2.45) is 0 Å². The standard InChI is InChI=1S/C14H14N2O/c1-9-4-11-5-10(2-3-14(11)17-9)12-6-13(15)8-16-7-12/h2-3,5-9H,4,15H2,1H3. The molecule has 17 heavy (non-hydrogen) atoms. The van der Waals surface area contributed by atoms with Crippen molar-refractivity contribution in [2.45, 2.75) is 19.4 Å². The summed E-state index contributed by atoms with van der Waals surface area (Å²) in [5.41, 5.74) is 9.88. The van der Waals surface area contributed by atoms with Crippen molar-refractivity contribution in [1.29, 1.82) is 0 Å². The SMILES string of the molecule is CC1Cc2cc(-c3cncc(N)c3)ccc2O1. The van der Waals surface area contributed by atoms with Gasteiger partial charge in [-0.15, -0.1) is 0 Å². The van der Waals surface area contributed by atoms with Crippen LogP contribution in [-0.4, -0.2) is 11.1 Å². The van der Waals surface area contributed by atoms with Gasteiger partial charge in [0.2, 0.25) is 0 Å². The Bertz CT molecular complexity index is 566. The van der Waals surface area contributed by atoms with Gasteiger partial charge in [-0.2, -0.15) is 0 Å². The second-order valence-electron chi connectivity index (χ2n) is 4.46. The molecule has 2 aromatic rings.